The summed E-state index contributed by atoms with van der Waals surface area (Å²) in [4.78, 5) is 15.7. The van der Waals surface area contributed by atoms with Crippen LogP contribution in [0.2, 0.25) is 0 Å². The van der Waals surface area contributed by atoms with Gasteiger partial charge in [-0.05, 0) is 53.3 Å². The minimum absolute atomic E-state index is 0.0452. The third kappa shape index (κ3) is 4.95. The number of H-pyrrole nitrogens is 1. The summed E-state index contributed by atoms with van der Waals surface area (Å²) in [5.41, 5.74) is 6.54. The van der Waals surface area contributed by atoms with Gasteiger partial charge >= 0.3 is 0 Å². The average Bonchev–Trinajstić information content (AvgIpc) is 3.39. The number of nitrogens with zero attached hydrogens (tertiary/aromatic N) is 2. The number of hydrogen-bond acceptors (Lipinski definition) is 3. The minimum atomic E-state index is 0.0452. The molecule has 186 valence electrons. The van der Waals surface area contributed by atoms with E-state index in [-0.39, 0.29) is 11.9 Å². The zero-order chi connectivity index (χ0) is 25.7. The quantitative estimate of drug-likeness (QED) is 0.333. The molecule has 0 saturated carbocycles. The highest BCUT2D eigenvalue weighted by atomic mass is 16.2. The molecule has 0 radical (unpaired) electrons. The fourth-order valence-corrected chi connectivity index (χ4v) is 5.09. The summed E-state index contributed by atoms with van der Waals surface area (Å²) in [5, 5.41) is 11.8. The number of hydrogen-bond donors (Lipinski definition) is 2. The Morgan fingerprint density at radius 3 is 2.50 bits per heavy atom. The van der Waals surface area contributed by atoms with Crippen molar-refractivity contribution in [1.29, 1.82) is 0 Å². The van der Waals surface area contributed by atoms with Crippen molar-refractivity contribution in [2.24, 2.45) is 0 Å². The van der Waals surface area contributed by atoms with Gasteiger partial charge in [-0.25, -0.2) is 0 Å². The number of nitrogens with one attached hydrogen (secondary N) is 2. The number of carbonyl (C=O) groups excluding carboxylic acids is 1. The van der Waals surface area contributed by atoms with E-state index in [0.717, 1.165) is 47.1 Å². The lowest BCUT2D eigenvalue weighted by Gasteiger charge is -2.36. The van der Waals surface area contributed by atoms with Crippen molar-refractivity contribution in [2.45, 2.75) is 12.5 Å². The van der Waals surface area contributed by atoms with E-state index < -0.39 is 0 Å². The van der Waals surface area contributed by atoms with E-state index >= 15 is 0 Å². The zero-order valence-electron chi connectivity index (χ0n) is 21.0. The van der Waals surface area contributed by atoms with Crippen molar-refractivity contribution < 1.29 is 4.79 Å². The standard InChI is InChI=1S/C33H28N4O/c38-33(37-20-19-34-23-28(37)21-24-9-3-1-4-10-24)27-16-18-32-30(22-27)31(35-36-32)17-15-26-13-7-8-14-29(26)25-11-5-2-6-12-25/h1-14,16,18,22,28,34H,19-21,23H2,(H,35,36). The first-order valence-electron chi connectivity index (χ1n) is 13.0. The minimum Gasteiger partial charge on any atom is -0.333 e. The molecule has 1 amide bonds. The van der Waals surface area contributed by atoms with Crippen molar-refractivity contribution >= 4 is 16.8 Å². The number of rotatable bonds is 4. The number of benzene rings is 4. The molecule has 1 aromatic heterocycles. The van der Waals surface area contributed by atoms with Gasteiger partial charge < -0.3 is 10.2 Å². The largest absolute Gasteiger partial charge is 0.333 e. The normalized spacial score (nSPS) is 15.2. The molecule has 5 heteroatoms. The molecule has 6 rings (SSSR count). The van der Waals surface area contributed by atoms with Crippen molar-refractivity contribution in [1.82, 2.24) is 20.4 Å². The molecular formula is C33H28N4O. The van der Waals surface area contributed by atoms with Gasteiger partial charge in [0.25, 0.3) is 5.91 Å². The lowest BCUT2D eigenvalue weighted by atomic mass is 10.00. The molecular weight excluding hydrogens is 468 g/mol. The fraction of sp³-hybridized carbons (Fsp3) is 0.152. The number of aromatic amines is 1. The lowest BCUT2D eigenvalue weighted by molar-refractivity contribution is 0.0636. The number of piperazine rings is 1. The van der Waals surface area contributed by atoms with Crippen LogP contribution in [0.3, 0.4) is 0 Å². The maximum absolute atomic E-state index is 13.7. The van der Waals surface area contributed by atoms with E-state index in [0.29, 0.717) is 17.8 Å². The Kier molecular flexibility index (Phi) is 6.72. The van der Waals surface area contributed by atoms with Crippen molar-refractivity contribution in [3.63, 3.8) is 0 Å². The van der Waals surface area contributed by atoms with E-state index in [4.69, 9.17) is 0 Å². The van der Waals surface area contributed by atoms with E-state index in [1.165, 1.54) is 5.56 Å². The summed E-state index contributed by atoms with van der Waals surface area (Å²) >= 11 is 0. The molecule has 1 saturated heterocycles. The van der Waals surface area contributed by atoms with Crippen LogP contribution in [0, 0.1) is 11.8 Å². The van der Waals surface area contributed by atoms with E-state index in [2.05, 4.69) is 57.7 Å². The van der Waals surface area contributed by atoms with Crippen LogP contribution in [0.1, 0.15) is 27.2 Å². The molecule has 1 unspecified atom stereocenters. The molecule has 1 aliphatic heterocycles. The fourth-order valence-electron chi connectivity index (χ4n) is 5.09. The van der Waals surface area contributed by atoms with Gasteiger partial charge in [0.2, 0.25) is 0 Å². The monoisotopic (exact) mass is 496 g/mol. The van der Waals surface area contributed by atoms with Gasteiger partial charge in [-0.2, -0.15) is 5.10 Å². The van der Waals surface area contributed by atoms with Crippen LogP contribution in [0.5, 0.6) is 0 Å². The van der Waals surface area contributed by atoms with E-state index in [1.807, 2.05) is 77.7 Å². The molecule has 2 heterocycles. The Balaban J connectivity index is 1.29. The second kappa shape index (κ2) is 10.8. The highest BCUT2D eigenvalue weighted by molar-refractivity contribution is 5.99. The van der Waals surface area contributed by atoms with Crippen LogP contribution >= 0.6 is 0 Å². The zero-order valence-corrected chi connectivity index (χ0v) is 21.0. The molecule has 0 spiro atoms. The van der Waals surface area contributed by atoms with Crippen LogP contribution in [-0.4, -0.2) is 46.7 Å². The SMILES string of the molecule is O=C(c1ccc2[nH]nc(C#Cc3ccccc3-c3ccccc3)c2c1)N1CCNCC1Cc1ccccc1. The second-order valence-corrected chi connectivity index (χ2v) is 9.54. The molecule has 38 heavy (non-hydrogen) atoms. The highest BCUT2D eigenvalue weighted by Gasteiger charge is 2.27. The molecule has 0 bridgehead atoms. The summed E-state index contributed by atoms with van der Waals surface area (Å²) in [6.07, 6.45) is 0.824. The van der Waals surface area contributed by atoms with Gasteiger partial charge in [0.15, 0.2) is 0 Å². The van der Waals surface area contributed by atoms with Gasteiger partial charge in [0, 0.05) is 42.2 Å². The van der Waals surface area contributed by atoms with Gasteiger partial charge in [-0.3, -0.25) is 9.89 Å². The molecule has 2 N–H and O–H groups in total. The average molecular weight is 497 g/mol. The van der Waals surface area contributed by atoms with E-state index in [1.54, 1.807) is 0 Å². The number of amides is 1. The van der Waals surface area contributed by atoms with Crippen molar-refractivity contribution in [3.8, 4) is 23.0 Å². The summed E-state index contributed by atoms with van der Waals surface area (Å²) in [6, 6.07) is 34.6. The Hall–Kier alpha value is -4.66. The molecule has 5 aromatic rings. The Labute approximate surface area is 222 Å². The first-order chi connectivity index (χ1) is 18.8. The first kappa shape index (κ1) is 23.7. The van der Waals surface area contributed by atoms with Crippen LogP contribution < -0.4 is 5.32 Å². The molecule has 1 atom stereocenters. The molecule has 0 aliphatic carbocycles. The van der Waals surface area contributed by atoms with Gasteiger partial charge in [-0.15, -0.1) is 0 Å². The summed E-state index contributed by atoms with van der Waals surface area (Å²) in [5.74, 6) is 6.62. The third-order valence-electron chi connectivity index (χ3n) is 7.06. The smallest absolute Gasteiger partial charge is 0.254 e. The molecule has 4 aromatic carbocycles. The lowest BCUT2D eigenvalue weighted by Crippen LogP contribution is -2.54. The van der Waals surface area contributed by atoms with E-state index in [9.17, 15) is 4.79 Å². The van der Waals surface area contributed by atoms with Crippen molar-refractivity contribution in [3.05, 3.63) is 126 Å². The molecule has 5 nitrogen and oxygen atoms in total. The maximum Gasteiger partial charge on any atom is 0.254 e. The van der Waals surface area contributed by atoms with Gasteiger partial charge in [0.05, 0.1) is 5.52 Å². The second-order valence-electron chi connectivity index (χ2n) is 9.54. The summed E-state index contributed by atoms with van der Waals surface area (Å²) in [6.45, 7) is 2.26. The van der Waals surface area contributed by atoms with Crippen LogP contribution in [-0.2, 0) is 6.42 Å². The first-order valence-corrected chi connectivity index (χ1v) is 13.0. The number of carbonyl (C=O) groups is 1. The maximum atomic E-state index is 13.7. The number of fused-ring (bicyclic) bond motifs is 1. The van der Waals surface area contributed by atoms with Gasteiger partial charge in [0.1, 0.15) is 5.69 Å². The van der Waals surface area contributed by atoms with Crippen LogP contribution in [0.4, 0.5) is 0 Å². The Morgan fingerprint density at radius 1 is 0.895 bits per heavy atom. The van der Waals surface area contributed by atoms with Gasteiger partial charge in [-0.1, -0.05) is 84.8 Å². The highest BCUT2D eigenvalue weighted by Crippen LogP contribution is 2.24. The summed E-state index contributed by atoms with van der Waals surface area (Å²) < 4.78 is 0. The number of aromatic nitrogens is 2. The van der Waals surface area contributed by atoms with Crippen molar-refractivity contribution in [2.75, 3.05) is 19.6 Å². The Morgan fingerprint density at radius 2 is 1.66 bits per heavy atom. The molecule has 1 fully saturated rings. The topological polar surface area (TPSA) is 61.0 Å². The molecule has 1 aliphatic rings. The predicted octanol–water partition coefficient (Wildman–Crippen LogP) is 5.29. The Bertz CT molecular complexity index is 1630. The van der Waals surface area contributed by atoms with Crippen LogP contribution in [0.15, 0.2) is 103 Å². The third-order valence-corrected chi connectivity index (χ3v) is 7.06. The predicted molar refractivity (Wildman–Crippen MR) is 152 cm³/mol. The van der Waals surface area contributed by atoms with Crippen LogP contribution in [0.25, 0.3) is 22.0 Å². The summed E-state index contributed by atoms with van der Waals surface area (Å²) in [7, 11) is 0.